The van der Waals surface area contributed by atoms with Crippen LogP contribution in [0.3, 0.4) is 0 Å². The van der Waals surface area contributed by atoms with Gasteiger partial charge in [-0.25, -0.2) is 0 Å². The van der Waals surface area contributed by atoms with E-state index in [4.69, 9.17) is 15.9 Å². The second-order valence-corrected chi connectivity index (χ2v) is 4.91. The minimum atomic E-state index is 0.0712. The van der Waals surface area contributed by atoms with Crippen LogP contribution in [0.15, 0.2) is 18.2 Å². The molecule has 1 heterocycles. The number of ether oxygens (including phenoxy) is 1. The van der Waals surface area contributed by atoms with Gasteiger partial charge in [0.2, 0.25) is 0 Å². The molecule has 1 aromatic rings. The molecule has 0 radical (unpaired) electrons. The van der Waals surface area contributed by atoms with Crippen molar-refractivity contribution in [1.29, 1.82) is 5.41 Å². The lowest BCUT2D eigenvalue weighted by Crippen LogP contribution is -2.36. The third-order valence-electron chi connectivity index (χ3n) is 3.71. The number of rotatable bonds is 4. The third-order valence-corrected chi connectivity index (χ3v) is 3.71. The second kappa shape index (κ2) is 5.93. The van der Waals surface area contributed by atoms with E-state index in [2.05, 4.69) is 4.90 Å². The van der Waals surface area contributed by atoms with Gasteiger partial charge in [0.1, 0.15) is 11.6 Å². The van der Waals surface area contributed by atoms with Crippen LogP contribution in [0.2, 0.25) is 0 Å². The van der Waals surface area contributed by atoms with Gasteiger partial charge in [-0.2, -0.15) is 0 Å². The molecule has 0 aliphatic carbocycles. The average Bonchev–Trinajstić information content (AvgIpc) is 2.46. The molecule has 1 aromatic carbocycles. The molecule has 1 aliphatic rings. The van der Waals surface area contributed by atoms with E-state index in [0.29, 0.717) is 5.92 Å². The van der Waals surface area contributed by atoms with Crippen molar-refractivity contribution in [2.24, 2.45) is 11.7 Å². The Hall–Kier alpha value is -1.75. The van der Waals surface area contributed by atoms with Gasteiger partial charge in [0, 0.05) is 31.3 Å². The molecule has 19 heavy (non-hydrogen) atoms. The predicted octanol–water partition coefficient (Wildman–Crippen LogP) is 1.19. The number of hydrogen-bond donors (Lipinski definition) is 3. The first-order chi connectivity index (χ1) is 9.15. The number of hydrogen-bond acceptors (Lipinski definition) is 4. The Kier molecular flexibility index (Phi) is 4.27. The summed E-state index contributed by atoms with van der Waals surface area (Å²) in [6, 6.07) is 5.57. The highest BCUT2D eigenvalue weighted by molar-refractivity contribution is 6.00. The number of anilines is 1. The highest BCUT2D eigenvalue weighted by Crippen LogP contribution is 2.29. The molecule has 0 aromatic heterocycles. The van der Waals surface area contributed by atoms with Crippen molar-refractivity contribution < 1.29 is 9.84 Å². The zero-order chi connectivity index (χ0) is 13.8. The Bertz CT molecular complexity index is 454. The quantitative estimate of drug-likeness (QED) is 0.563. The minimum Gasteiger partial charge on any atom is -0.497 e. The molecular formula is C14H21N3O2. The van der Waals surface area contributed by atoms with E-state index in [1.165, 1.54) is 0 Å². The van der Waals surface area contributed by atoms with Crippen LogP contribution in [-0.4, -0.2) is 37.7 Å². The lowest BCUT2D eigenvalue weighted by atomic mass is 9.96. The average molecular weight is 263 g/mol. The Morgan fingerprint density at radius 2 is 2.16 bits per heavy atom. The maximum Gasteiger partial charge on any atom is 0.124 e. The van der Waals surface area contributed by atoms with Crippen molar-refractivity contribution in [1.82, 2.24) is 0 Å². The summed E-state index contributed by atoms with van der Waals surface area (Å²) in [6.07, 6.45) is 1.93. The van der Waals surface area contributed by atoms with Crippen LogP contribution < -0.4 is 15.4 Å². The topological polar surface area (TPSA) is 82.6 Å². The van der Waals surface area contributed by atoms with Gasteiger partial charge in [0.05, 0.1) is 12.8 Å². The molecule has 0 unspecified atom stereocenters. The van der Waals surface area contributed by atoms with Crippen molar-refractivity contribution in [3.05, 3.63) is 23.8 Å². The van der Waals surface area contributed by atoms with Gasteiger partial charge in [-0.3, -0.25) is 5.41 Å². The molecule has 0 spiro atoms. The van der Waals surface area contributed by atoms with E-state index >= 15 is 0 Å². The summed E-state index contributed by atoms with van der Waals surface area (Å²) in [5.74, 6) is 1.23. The van der Waals surface area contributed by atoms with Crippen LogP contribution in [0.5, 0.6) is 5.75 Å². The Morgan fingerprint density at radius 1 is 1.47 bits per heavy atom. The first kappa shape index (κ1) is 13.7. The molecule has 5 nitrogen and oxygen atoms in total. The van der Waals surface area contributed by atoms with Gasteiger partial charge in [0.25, 0.3) is 0 Å². The van der Waals surface area contributed by atoms with Crippen LogP contribution in [-0.2, 0) is 0 Å². The maximum atomic E-state index is 9.18. The monoisotopic (exact) mass is 263 g/mol. The summed E-state index contributed by atoms with van der Waals surface area (Å²) in [7, 11) is 1.63. The fraction of sp³-hybridized carbons (Fsp3) is 0.500. The van der Waals surface area contributed by atoms with Crippen molar-refractivity contribution in [2.75, 3.05) is 31.7 Å². The first-order valence-corrected chi connectivity index (χ1v) is 6.54. The SMILES string of the molecule is COc1ccc(C(=N)N)c(N2CCC(CO)CC2)c1. The number of nitrogen functional groups attached to an aromatic ring is 1. The number of aliphatic hydroxyl groups is 1. The first-order valence-electron chi connectivity index (χ1n) is 6.54. The number of aliphatic hydroxyl groups excluding tert-OH is 1. The number of nitrogens with two attached hydrogens (primary N) is 1. The molecular weight excluding hydrogens is 242 g/mol. The van der Waals surface area contributed by atoms with Gasteiger partial charge in [-0.15, -0.1) is 0 Å². The van der Waals surface area contributed by atoms with Gasteiger partial charge in [-0.05, 0) is 30.9 Å². The van der Waals surface area contributed by atoms with E-state index < -0.39 is 0 Å². The number of nitrogens with one attached hydrogen (secondary N) is 1. The van der Waals surface area contributed by atoms with E-state index in [0.717, 1.165) is 42.9 Å². The third kappa shape index (κ3) is 2.98. The van der Waals surface area contributed by atoms with E-state index in [9.17, 15) is 5.11 Å². The highest BCUT2D eigenvalue weighted by Gasteiger charge is 2.21. The Labute approximate surface area is 113 Å². The number of benzene rings is 1. The Balaban J connectivity index is 2.24. The molecule has 0 atom stereocenters. The van der Waals surface area contributed by atoms with Crippen LogP contribution in [0.4, 0.5) is 5.69 Å². The van der Waals surface area contributed by atoms with Crippen molar-refractivity contribution in [3.8, 4) is 5.75 Å². The van der Waals surface area contributed by atoms with Crippen LogP contribution >= 0.6 is 0 Å². The summed E-state index contributed by atoms with van der Waals surface area (Å²) in [6.45, 7) is 2.00. The number of piperidine rings is 1. The zero-order valence-electron chi connectivity index (χ0n) is 11.2. The molecule has 104 valence electrons. The highest BCUT2D eigenvalue weighted by atomic mass is 16.5. The molecule has 4 N–H and O–H groups in total. The summed E-state index contributed by atoms with van der Waals surface area (Å²) in [5, 5.41) is 16.8. The lowest BCUT2D eigenvalue weighted by Gasteiger charge is -2.34. The van der Waals surface area contributed by atoms with Crippen LogP contribution in [0.25, 0.3) is 0 Å². The van der Waals surface area contributed by atoms with Gasteiger partial charge in [-0.1, -0.05) is 0 Å². The fourth-order valence-electron chi connectivity index (χ4n) is 2.48. The molecule has 0 amide bonds. The maximum absolute atomic E-state index is 9.18. The van der Waals surface area contributed by atoms with E-state index in [1.54, 1.807) is 7.11 Å². The number of methoxy groups -OCH3 is 1. The van der Waals surface area contributed by atoms with E-state index in [1.807, 2.05) is 18.2 Å². The molecule has 1 saturated heterocycles. The molecule has 5 heteroatoms. The molecule has 0 saturated carbocycles. The normalized spacial score (nSPS) is 16.4. The van der Waals surface area contributed by atoms with Gasteiger partial charge < -0.3 is 20.5 Å². The predicted molar refractivity (Wildman–Crippen MR) is 76.0 cm³/mol. The van der Waals surface area contributed by atoms with E-state index in [-0.39, 0.29) is 12.4 Å². The minimum absolute atomic E-state index is 0.0712. The largest absolute Gasteiger partial charge is 0.497 e. The summed E-state index contributed by atoms with van der Waals surface area (Å²) in [4.78, 5) is 2.21. The summed E-state index contributed by atoms with van der Waals surface area (Å²) < 4.78 is 5.24. The second-order valence-electron chi connectivity index (χ2n) is 4.91. The summed E-state index contributed by atoms with van der Waals surface area (Å²) in [5.41, 5.74) is 7.33. The zero-order valence-corrected chi connectivity index (χ0v) is 11.2. The van der Waals surface area contributed by atoms with Gasteiger partial charge in [0.15, 0.2) is 0 Å². The van der Waals surface area contributed by atoms with Gasteiger partial charge >= 0.3 is 0 Å². The van der Waals surface area contributed by atoms with Crippen molar-refractivity contribution >= 4 is 11.5 Å². The number of nitrogens with zero attached hydrogens (tertiary/aromatic N) is 1. The fourth-order valence-corrected chi connectivity index (χ4v) is 2.48. The number of amidine groups is 1. The molecule has 0 bridgehead atoms. The Morgan fingerprint density at radius 3 is 2.68 bits per heavy atom. The van der Waals surface area contributed by atoms with Crippen molar-refractivity contribution in [2.45, 2.75) is 12.8 Å². The van der Waals surface area contributed by atoms with Crippen molar-refractivity contribution in [3.63, 3.8) is 0 Å². The summed E-state index contributed by atoms with van der Waals surface area (Å²) >= 11 is 0. The lowest BCUT2D eigenvalue weighted by molar-refractivity contribution is 0.203. The smallest absolute Gasteiger partial charge is 0.124 e. The molecule has 1 aliphatic heterocycles. The molecule has 2 rings (SSSR count). The van der Waals surface area contributed by atoms with Crippen LogP contribution in [0.1, 0.15) is 18.4 Å². The standard InChI is InChI=1S/C14H21N3O2/c1-19-11-2-3-12(14(15)16)13(8-11)17-6-4-10(9-18)5-7-17/h2-3,8,10,18H,4-7,9H2,1H3,(H3,15,16). The van der Waals surface area contributed by atoms with Crippen LogP contribution in [0, 0.1) is 11.3 Å². The molecule has 1 fully saturated rings.